The number of aryl methyl sites for hydroxylation is 1. The molecule has 6 heteroatoms. The van der Waals surface area contributed by atoms with Gasteiger partial charge in [0.05, 0.1) is 4.90 Å². The first-order valence-electron chi connectivity index (χ1n) is 3.39. The summed E-state index contributed by atoms with van der Waals surface area (Å²) >= 11 is 0. The third kappa shape index (κ3) is 2.59. The van der Waals surface area contributed by atoms with E-state index in [0.29, 0.717) is 0 Å². The van der Waals surface area contributed by atoms with Crippen molar-refractivity contribution < 1.29 is 17.0 Å². The lowest BCUT2D eigenvalue weighted by molar-refractivity contribution is 0.487. The molecule has 0 radical (unpaired) electrons. The molecule has 0 aliphatic heterocycles. The number of benzene rings is 1. The zero-order chi connectivity index (χ0) is 9.90. The Morgan fingerprint density at radius 1 is 1.23 bits per heavy atom. The summed E-state index contributed by atoms with van der Waals surface area (Å²) in [6.45, 7) is 1.84. The Morgan fingerprint density at radius 2 is 1.77 bits per heavy atom. The molecular formula is C7H7O4PS. The van der Waals surface area contributed by atoms with Gasteiger partial charge in [0.1, 0.15) is 0 Å². The van der Waals surface area contributed by atoms with E-state index in [2.05, 4.69) is 3.97 Å². The molecule has 0 amide bonds. The van der Waals surface area contributed by atoms with Crippen LogP contribution in [0.15, 0.2) is 29.2 Å². The highest BCUT2D eigenvalue weighted by molar-refractivity contribution is 7.89. The quantitative estimate of drug-likeness (QED) is 0.727. The standard InChI is InChI=1S/C7H7O4PS/c1-6-2-4-7(5-3-6)13(9,10)11-12-8/h2-5H,1H3. The highest BCUT2D eigenvalue weighted by Crippen LogP contribution is 2.16. The Morgan fingerprint density at radius 3 is 2.23 bits per heavy atom. The summed E-state index contributed by atoms with van der Waals surface area (Å²) in [4.78, 5) is 0.00134. The van der Waals surface area contributed by atoms with Crippen molar-refractivity contribution in [1.82, 2.24) is 0 Å². The van der Waals surface area contributed by atoms with Gasteiger partial charge in [0.25, 0.3) is 0 Å². The Labute approximate surface area is 78.0 Å². The van der Waals surface area contributed by atoms with Gasteiger partial charge in [0.15, 0.2) is 0 Å². The number of hydrogen-bond donors (Lipinski definition) is 0. The molecule has 0 atom stereocenters. The van der Waals surface area contributed by atoms with Crippen LogP contribution in [0.3, 0.4) is 0 Å². The summed E-state index contributed by atoms with van der Waals surface area (Å²) in [6.07, 6.45) is 0. The summed E-state index contributed by atoms with van der Waals surface area (Å²) in [7, 11) is -4.72. The SMILES string of the molecule is Cc1ccc(S(=O)(=O)OP=O)cc1. The van der Waals surface area contributed by atoms with Crippen LogP contribution < -0.4 is 0 Å². The first-order chi connectivity index (χ1) is 6.06. The second kappa shape index (κ2) is 3.96. The van der Waals surface area contributed by atoms with E-state index in [0.717, 1.165) is 5.56 Å². The van der Waals surface area contributed by atoms with Gasteiger partial charge in [-0.2, -0.15) is 12.4 Å². The van der Waals surface area contributed by atoms with Crippen LogP contribution in [0.5, 0.6) is 0 Å². The van der Waals surface area contributed by atoms with Crippen LogP contribution in [0, 0.1) is 6.92 Å². The van der Waals surface area contributed by atoms with Gasteiger partial charge in [0, 0.05) is 0 Å². The number of hydrogen-bond acceptors (Lipinski definition) is 4. The molecule has 4 nitrogen and oxygen atoms in total. The molecule has 0 aliphatic carbocycles. The van der Waals surface area contributed by atoms with E-state index in [4.69, 9.17) is 0 Å². The lowest BCUT2D eigenvalue weighted by Gasteiger charge is -1.98. The fourth-order valence-corrected chi connectivity index (χ4v) is 1.92. The van der Waals surface area contributed by atoms with Crippen molar-refractivity contribution in [1.29, 1.82) is 0 Å². The van der Waals surface area contributed by atoms with Crippen LogP contribution in [-0.2, 0) is 18.7 Å². The van der Waals surface area contributed by atoms with Crippen LogP contribution in [0.1, 0.15) is 5.56 Å². The minimum Gasteiger partial charge on any atom is -0.239 e. The predicted octanol–water partition coefficient (Wildman–Crippen LogP) is 1.91. The van der Waals surface area contributed by atoms with E-state index in [1.807, 2.05) is 6.92 Å². The molecule has 0 aromatic heterocycles. The molecule has 0 fully saturated rings. The monoisotopic (exact) mass is 218 g/mol. The fraction of sp³-hybridized carbons (Fsp3) is 0.143. The highest BCUT2D eigenvalue weighted by atomic mass is 32.2. The van der Waals surface area contributed by atoms with E-state index >= 15 is 0 Å². The van der Waals surface area contributed by atoms with Crippen LogP contribution >= 0.6 is 8.69 Å². The molecule has 0 bridgehead atoms. The molecule has 1 aromatic carbocycles. The van der Waals surface area contributed by atoms with Gasteiger partial charge < -0.3 is 0 Å². The smallest absolute Gasteiger partial charge is 0.239 e. The molecule has 0 unspecified atom stereocenters. The Hall–Kier alpha value is -0.770. The van der Waals surface area contributed by atoms with E-state index in [1.165, 1.54) is 12.1 Å². The molecule has 0 aliphatic rings. The molecule has 0 saturated carbocycles. The average molecular weight is 218 g/mol. The minimum atomic E-state index is -3.85. The van der Waals surface area contributed by atoms with E-state index in [9.17, 15) is 13.0 Å². The van der Waals surface area contributed by atoms with Gasteiger partial charge >= 0.3 is 18.8 Å². The normalized spacial score (nSPS) is 11.8. The highest BCUT2D eigenvalue weighted by Gasteiger charge is 2.14. The maximum absolute atomic E-state index is 11.1. The van der Waals surface area contributed by atoms with Crippen molar-refractivity contribution in [3.05, 3.63) is 29.8 Å². The maximum Gasteiger partial charge on any atom is 0.344 e. The molecule has 1 aromatic rings. The second-order valence-corrected chi connectivity index (χ2v) is 4.54. The second-order valence-electron chi connectivity index (χ2n) is 2.42. The number of rotatable bonds is 3. The minimum absolute atomic E-state index is 0.00134. The Bertz CT molecular complexity index is 395. The van der Waals surface area contributed by atoms with Crippen LogP contribution in [0.2, 0.25) is 0 Å². The van der Waals surface area contributed by atoms with E-state index < -0.39 is 18.8 Å². The molecule has 0 spiro atoms. The van der Waals surface area contributed by atoms with Crippen LogP contribution in [0.4, 0.5) is 0 Å². The van der Waals surface area contributed by atoms with Gasteiger partial charge in [-0.1, -0.05) is 17.7 Å². The molecule has 13 heavy (non-hydrogen) atoms. The maximum atomic E-state index is 11.1. The van der Waals surface area contributed by atoms with Crippen molar-refractivity contribution >= 4 is 18.8 Å². The van der Waals surface area contributed by atoms with Crippen LogP contribution in [0.25, 0.3) is 0 Å². The first kappa shape index (κ1) is 10.3. The molecule has 0 heterocycles. The summed E-state index contributed by atoms with van der Waals surface area (Å²) in [6, 6.07) is 6.07. The summed E-state index contributed by atoms with van der Waals surface area (Å²) in [5, 5.41) is 0. The molecule has 1 rings (SSSR count). The van der Waals surface area contributed by atoms with Crippen molar-refractivity contribution in [3.63, 3.8) is 0 Å². The van der Waals surface area contributed by atoms with Crippen molar-refractivity contribution in [2.24, 2.45) is 0 Å². The lowest BCUT2D eigenvalue weighted by Crippen LogP contribution is -1.99. The topological polar surface area (TPSA) is 60.4 Å². The molecule has 0 saturated heterocycles. The fourth-order valence-electron chi connectivity index (χ4n) is 0.788. The summed E-state index contributed by atoms with van der Waals surface area (Å²) < 4.78 is 36.2. The van der Waals surface area contributed by atoms with Gasteiger partial charge in [-0.15, -0.1) is 0 Å². The van der Waals surface area contributed by atoms with Crippen molar-refractivity contribution in [3.8, 4) is 0 Å². The van der Waals surface area contributed by atoms with Crippen molar-refractivity contribution in [2.75, 3.05) is 0 Å². The van der Waals surface area contributed by atoms with Gasteiger partial charge in [-0.3, -0.25) is 0 Å². The first-order valence-corrected chi connectivity index (χ1v) is 5.53. The molecular weight excluding hydrogens is 211 g/mol. The Kier molecular flexibility index (Phi) is 3.14. The third-order valence-corrected chi connectivity index (χ3v) is 3.32. The average Bonchev–Trinajstić information content (AvgIpc) is 2.05. The van der Waals surface area contributed by atoms with Crippen molar-refractivity contribution in [2.45, 2.75) is 11.8 Å². The Balaban J connectivity index is 3.08. The molecule has 70 valence electrons. The van der Waals surface area contributed by atoms with Gasteiger partial charge in [0.2, 0.25) is 0 Å². The zero-order valence-electron chi connectivity index (χ0n) is 6.80. The van der Waals surface area contributed by atoms with Gasteiger partial charge in [-0.25, -0.2) is 4.57 Å². The lowest BCUT2D eigenvalue weighted by atomic mass is 10.2. The largest absolute Gasteiger partial charge is 0.344 e. The van der Waals surface area contributed by atoms with E-state index in [-0.39, 0.29) is 4.90 Å². The zero-order valence-corrected chi connectivity index (χ0v) is 8.51. The van der Waals surface area contributed by atoms with Gasteiger partial charge in [-0.05, 0) is 19.1 Å². The summed E-state index contributed by atoms with van der Waals surface area (Å²) in [5.74, 6) is 0. The third-order valence-electron chi connectivity index (χ3n) is 1.44. The van der Waals surface area contributed by atoms with E-state index in [1.54, 1.807) is 12.1 Å². The summed E-state index contributed by atoms with van der Waals surface area (Å²) in [5.41, 5.74) is 0.943. The van der Waals surface area contributed by atoms with Crippen LogP contribution in [-0.4, -0.2) is 8.42 Å². The predicted molar refractivity (Wildman–Crippen MR) is 47.1 cm³/mol. The molecule has 0 N–H and O–H groups in total.